The second-order valence-corrected chi connectivity index (χ2v) is 7.32. The van der Waals surface area contributed by atoms with E-state index in [-0.39, 0.29) is 22.2 Å². The summed E-state index contributed by atoms with van der Waals surface area (Å²) in [5.41, 5.74) is -2.46. The first-order chi connectivity index (χ1) is 13.8. The van der Waals surface area contributed by atoms with Gasteiger partial charge in [0.15, 0.2) is 34.6 Å². The molecule has 4 nitrogen and oxygen atoms in total. The van der Waals surface area contributed by atoms with Crippen molar-refractivity contribution in [3.8, 4) is 17.1 Å². The molecule has 0 unspecified atom stereocenters. The van der Waals surface area contributed by atoms with Gasteiger partial charge >= 0.3 is 6.18 Å². The van der Waals surface area contributed by atoms with Crippen molar-refractivity contribution < 1.29 is 31.1 Å². The van der Waals surface area contributed by atoms with Gasteiger partial charge in [0.05, 0.1) is 10.6 Å². The van der Waals surface area contributed by atoms with Crippen LogP contribution in [0.1, 0.15) is 25.2 Å². The van der Waals surface area contributed by atoms with Crippen LogP contribution in [0.25, 0.3) is 11.4 Å². The molecule has 0 radical (unpaired) electrons. The van der Waals surface area contributed by atoms with E-state index >= 15 is 0 Å². The van der Waals surface area contributed by atoms with Gasteiger partial charge in [-0.1, -0.05) is 11.6 Å². The number of aromatic nitrogens is 3. The summed E-state index contributed by atoms with van der Waals surface area (Å²) in [7, 11) is 1.43. The van der Waals surface area contributed by atoms with Crippen LogP contribution >= 0.6 is 11.6 Å². The summed E-state index contributed by atoms with van der Waals surface area (Å²) in [5.74, 6) is -4.45. The molecular formula is C19H14ClF6N3O. The first-order valence-corrected chi connectivity index (χ1v) is 8.79. The first kappa shape index (κ1) is 21.9. The highest BCUT2D eigenvalue weighted by Gasteiger charge is 2.34. The Bertz CT molecular complexity index is 1090. The van der Waals surface area contributed by atoms with Gasteiger partial charge in [-0.3, -0.25) is 0 Å². The van der Waals surface area contributed by atoms with Crippen LogP contribution in [0.3, 0.4) is 0 Å². The maximum atomic E-state index is 14.0. The van der Waals surface area contributed by atoms with Gasteiger partial charge in [-0.25, -0.2) is 13.2 Å². The smallest absolute Gasteiger partial charge is 0.416 e. The highest BCUT2D eigenvalue weighted by molar-refractivity contribution is 6.33. The van der Waals surface area contributed by atoms with Gasteiger partial charge in [-0.2, -0.15) is 13.2 Å². The Labute approximate surface area is 172 Å². The predicted molar refractivity (Wildman–Crippen MR) is 96.4 cm³/mol. The van der Waals surface area contributed by atoms with Crippen LogP contribution in [-0.2, 0) is 18.8 Å². The van der Waals surface area contributed by atoms with Crippen LogP contribution in [0.15, 0.2) is 30.3 Å². The van der Waals surface area contributed by atoms with Gasteiger partial charge in [0, 0.05) is 24.7 Å². The van der Waals surface area contributed by atoms with Gasteiger partial charge < -0.3 is 9.30 Å². The second-order valence-electron chi connectivity index (χ2n) is 6.91. The van der Waals surface area contributed by atoms with Crippen LogP contribution in [0.5, 0.6) is 5.75 Å². The van der Waals surface area contributed by atoms with Crippen molar-refractivity contribution in [3.05, 3.63) is 64.2 Å². The van der Waals surface area contributed by atoms with Crippen molar-refractivity contribution >= 4 is 11.6 Å². The third-order valence-corrected chi connectivity index (χ3v) is 4.60. The quantitative estimate of drug-likeness (QED) is 0.467. The Hall–Kier alpha value is -2.75. The van der Waals surface area contributed by atoms with Crippen molar-refractivity contribution in [2.45, 2.75) is 25.6 Å². The molecule has 0 atom stereocenters. The largest absolute Gasteiger partial charge is 0.474 e. The SMILES string of the molecule is Cn1c(-c2cc(C(F)(F)F)ccc2Cl)nnc1C(C)(C)Oc1c(F)cc(F)cc1F. The van der Waals surface area contributed by atoms with E-state index in [1.165, 1.54) is 25.5 Å². The summed E-state index contributed by atoms with van der Waals surface area (Å²) < 4.78 is 86.9. The normalized spacial score (nSPS) is 12.3. The van der Waals surface area contributed by atoms with Gasteiger partial charge in [-0.15, -0.1) is 10.2 Å². The minimum atomic E-state index is -4.60. The molecule has 0 spiro atoms. The maximum Gasteiger partial charge on any atom is 0.416 e. The van der Waals surface area contributed by atoms with Crippen molar-refractivity contribution in [3.63, 3.8) is 0 Å². The van der Waals surface area contributed by atoms with Gasteiger partial charge in [0.1, 0.15) is 5.82 Å². The van der Waals surface area contributed by atoms with E-state index in [1.807, 2.05) is 0 Å². The molecule has 0 saturated carbocycles. The third kappa shape index (κ3) is 4.09. The molecule has 3 aromatic rings. The Morgan fingerprint density at radius 1 is 0.967 bits per heavy atom. The van der Waals surface area contributed by atoms with E-state index in [2.05, 4.69) is 10.2 Å². The fourth-order valence-corrected chi connectivity index (χ4v) is 3.09. The number of benzene rings is 2. The van der Waals surface area contributed by atoms with Crippen LogP contribution in [0.4, 0.5) is 26.3 Å². The van der Waals surface area contributed by atoms with E-state index in [4.69, 9.17) is 16.3 Å². The molecule has 0 aliphatic heterocycles. The van der Waals surface area contributed by atoms with E-state index in [1.54, 1.807) is 0 Å². The average molecular weight is 450 g/mol. The molecule has 2 aromatic carbocycles. The lowest BCUT2D eigenvalue weighted by Gasteiger charge is -2.26. The zero-order valence-electron chi connectivity index (χ0n) is 15.8. The molecule has 3 rings (SSSR count). The lowest BCUT2D eigenvalue weighted by atomic mass is 10.1. The number of ether oxygens (including phenoxy) is 1. The number of hydrogen-bond donors (Lipinski definition) is 0. The third-order valence-electron chi connectivity index (χ3n) is 4.27. The van der Waals surface area contributed by atoms with E-state index in [0.717, 1.165) is 18.2 Å². The number of rotatable bonds is 4. The molecule has 11 heteroatoms. The molecule has 0 aliphatic rings. The van der Waals surface area contributed by atoms with Gasteiger partial charge in [0.2, 0.25) is 0 Å². The maximum absolute atomic E-state index is 14.0. The molecule has 1 heterocycles. The fraction of sp³-hybridized carbons (Fsp3) is 0.263. The Morgan fingerprint density at radius 3 is 2.13 bits per heavy atom. The van der Waals surface area contributed by atoms with Crippen molar-refractivity contribution in [1.29, 1.82) is 0 Å². The summed E-state index contributed by atoms with van der Waals surface area (Å²) in [4.78, 5) is 0. The van der Waals surface area contributed by atoms with E-state index in [9.17, 15) is 26.3 Å². The molecule has 0 amide bonds. The van der Waals surface area contributed by atoms with Crippen molar-refractivity contribution in [1.82, 2.24) is 14.8 Å². The average Bonchev–Trinajstić information content (AvgIpc) is 3.00. The number of hydrogen-bond acceptors (Lipinski definition) is 3. The van der Waals surface area contributed by atoms with Gasteiger partial charge in [0.25, 0.3) is 0 Å². The Kier molecular flexibility index (Phi) is 5.48. The molecular weight excluding hydrogens is 436 g/mol. The standard InChI is InChI=1S/C19H14ClF6N3O/c1-18(2,30-15-13(22)7-10(21)8-14(15)23)17-28-27-16(29(17)3)11-6-9(19(24,25)26)4-5-12(11)20/h4-8H,1-3H3. The summed E-state index contributed by atoms with van der Waals surface area (Å²) in [6.45, 7) is 2.83. The van der Waals surface area contributed by atoms with Crippen LogP contribution < -0.4 is 4.74 Å². The molecule has 0 saturated heterocycles. The van der Waals surface area contributed by atoms with Crippen molar-refractivity contribution in [2.75, 3.05) is 0 Å². The number of nitrogens with zero attached hydrogens (tertiary/aromatic N) is 3. The monoisotopic (exact) mass is 449 g/mol. The van der Waals surface area contributed by atoms with E-state index < -0.39 is 40.5 Å². The van der Waals surface area contributed by atoms with Crippen LogP contribution in [0.2, 0.25) is 5.02 Å². The number of halogens is 7. The van der Waals surface area contributed by atoms with E-state index in [0.29, 0.717) is 12.1 Å². The molecule has 30 heavy (non-hydrogen) atoms. The van der Waals surface area contributed by atoms with Crippen molar-refractivity contribution in [2.24, 2.45) is 7.05 Å². The highest BCUT2D eigenvalue weighted by Crippen LogP contribution is 2.37. The summed E-state index contributed by atoms with van der Waals surface area (Å²) in [6, 6.07) is 3.65. The molecule has 1 aromatic heterocycles. The van der Waals surface area contributed by atoms with Gasteiger partial charge in [-0.05, 0) is 32.0 Å². The summed E-state index contributed by atoms with van der Waals surface area (Å²) >= 11 is 6.05. The molecule has 0 aliphatic carbocycles. The number of alkyl halides is 3. The molecule has 160 valence electrons. The summed E-state index contributed by atoms with van der Waals surface area (Å²) in [5, 5.41) is 7.77. The topological polar surface area (TPSA) is 39.9 Å². The first-order valence-electron chi connectivity index (χ1n) is 8.42. The van der Waals surface area contributed by atoms with Crippen LogP contribution in [0, 0.1) is 17.5 Å². The highest BCUT2D eigenvalue weighted by atomic mass is 35.5. The predicted octanol–water partition coefficient (Wildman–Crippen LogP) is 5.89. The molecule has 0 fully saturated rings. The minimum absolute atomic E-state index is 0.000557. The Balaban J connectivity index is 2.03. The lowest BCUT2D eigenvalue weighted by Crippen LogP contribution is -2.30. The molecule has 0 bridgehead atoms. The minimum Gasteiger partial charge on any atom is -0.474 e. The van der Waals surface area contributed by atoms with Crippen LogP contribution in [-0.4, -0.2) is 14.8 Å². The fourth-order valence-electron chi connectivity index (χ4n) is 2.89. The summed E-state index contributed by atoms with van der Waals surface area (Å²) in [6.07, 6.45) is -4.60. The Morgan fingerprint density at radius 2 is 1.57 bits per heavy atom. The molecule has 0 N–H and O–H groups in total. The zero-order valence-corrected chi connectivity index (χ0v) is 16.5. The zero-order chi connectivity index (χ0) is 22.4. The second kappa shape index (κ2) is 7.50. The lowest BCUT2D eigenvalue weighted by molar-refractivity contribution is -0.137.